The fourth-order valence-corrected chi connectivity index (χ4v) is 4.98. The van der Waals surface area contributed by atoms with Gasteiger partial charge in [-0.1, -0.05) is 0 Å². The number of benzene rings is 1. The molecule has 0 radical (unpaired) electrons. The highest BCUT2D eigenvalue weighted by molar-refractivity contribution is 6.13. The topological polar surface area (TPSA) is 138 Å². The first-order valence-electron chi connectivity index (χ1n) is 13.0. The van der Waals surface area contributed by atoms with Crippen LogP contribution in [0.5, 0.6) is 5.75 Å². The Morgan fingerprint density at radius 2 is 2.06 bits per heavy atom. The van der Waals surface area contributed by atoms with Gasteiger partial charge in [0.2, 0.25) is 5.91 Å². The predicted molar refractivity (Wildman–Crippen MR) is 141 cm³/mol. The lowest BCUT2D eigenvalue weighted by atomic mass is 10.0. The molecule has 2 amide bonds. The van der Waals surface area contributed by atoms with Gasteiger partial charge in [-0.2, -0.15) is 4.99 Å². The number of fused-ring (bicyclic) bond motifs is 1. The van der Waals surface area contributed by atoms with Gasteiger partial charge in [0.1, 0.15) is 0 Å². The van der Waals surface area contributed by atoms with Gasteiger partial charge in [-0.25, -0.2) is 0 Å². The van der Waals surface area contributed by atoms with Crippen molar-refractivity contribution >= 4 is 23.3 Å². The molecule has 2 saturated heterocycles. The first-order chi connectivity index (χ1) is 17.4. The second-order valence-corrected chi connectivity index (χ2v) is 9.86. The minimum atomic E-state index is -0.338. The maximum absolute atomic E-state index is 13.0. The summed E-state index contributed by atoms with van der Waals surface area (Å²) >= 11 is 0. The number of anilines is 1. The number of hydrogen-bond acceptors (Lipinski definition) is 7. The molecule has 0 saturated carbocycles. The zero-order valence-corrected chi connectivity index (χ0v) is 21.2. The third kappa shape index (κ3) is 6.83. The van der Waals surface area contributed by atoms with Crippen LogP contribution < -0.4 is 26.8 Å². The molecule has 36 heavy (non-hydrogen) atoms. The number of carbonyl (C=O) groups excluding carboxylic acids is 2. The number of nitrogens with one attached hydrogen (secondary N) is 2. The molecule has 3 aliphatic rings. The summed E-state index contributed by atoms with van der Waals surface area (Å²) in [5, 5.41) is 6.67. The van der Waals surface area contributed by atoms with Crippen molar-refractivity contribution in [3.05, 3.63) is 35.7 Å². The molecule has 3 heterocycles. The molecule has 4 rings (SSSR count). The minimum absolute atomic E-state index is 0.0127. The normalized spacial score (nSPS) is 25.0. The summed E-state index contributed by atoms with van der Waals surface area (Å²) < 4.78 is 6.12. The number of piperidine rings is 1. The Morgan fingerprint density at radius 1 is 1.22 bits per heavy atom. The summed E-state index contributed by atoms with van der Waals surface area (Å²) in [5.74, 6) is 0.950. The number of rotatable bonds is 6. The number of ether oxygens (including phenoxy) is 1. The third-order valence-corrected chi connectivity index (χ3v) is 6.90. The maximum Gasteiger partial charge on any atom is 0.253 e. The monoisotopic (exact) mass is 497 g/mol. The molecular formula is C26H39N7O3. The molecule has 0 spiro atoms. The number of amidine groups is 1. The van der Waals surface area contributed by atoms with Gasteiger partial charge in [0, 0.05) is 50.4 Å². The van der Waals surface area contributed by atoms with Crippen LogP contribution in [0.15, 0.2) is 35.2 Å². The van der Waals surface area contributed by atoms with Crippen molar-refractivity contribution < 1.29 is 14.3 Å². The van der Waals surface area contributed by atoms with E-state index in [-0.39, 0.29) is 17.9 Å². The zero-order valence-electron chi connectivity index (χ0n) is 21.2. The fourth-order valence-electron chi connectivity index (χ4n) is 4.98. The number of aliphatic imine (C=N–C) groups is 1. The van der Waals surface area contributed by atoms with Crippen molar-refractivity contribution in [2.24, 2.45) is 16.5 Å². The fraction of sp³-hybridized carbons (Fsp3) is 0.577. The van der Waals surface area contributed by atoms with E-state index in [0.717, 1.165) is 64.7 Å². The van der Waals surface area contributed by atoms with Gasteiger partial charge < -0.3 is 36.6 Å². The molecule has 1 aromatic rings. The van der Waals surface area contributed by atoms with E-state index in [1.807, 2.05) is 0 Å². The average molecular weight is 498 g/mol. The summed E-state index contributed by atoms with van der Waals surface area (Å²) in [7, 11) is 0. The predicted octanol–water partition coefficient (Wildman–Crippen LogP) is 1.63. The molecule has 0 aromatic heterocycles. The quantitative estimate of drug-likeness (QED) is 0.465. The zero-order chi connectivity index (χ0) is 25.5. The Bertz CT molecular complexity index is 1010. The highest BCUT2D eigenvalue weighted by Gasteiger charge is 2.26. The van der Waals surface area contributed by atoms with Crippen molar-refractivity contribution in [3.63, 3.8) is 0 Å². The van der Waals surface area contributed by atoms with Crippen LogP contribution in [-0.4, -0.2) is 78.8 Å². The van der Waals surface area contributed by atoms with Crippen molar-refractivity contribution in [3.8, 4) is 5.75 Å². The number of carbonyl (C=O) groups is 2. The molecule has 10 nitrogen and oxygen atoms in total. The van der Waals surface area contributed by atoms with E-state index in [0.29, 0.717) is 47.7 Å². The van der Waals surface area contributed by atoms with Gasteiger partial charge in [-0.15, -0.1) is 0 Å². The molecule has 2 fully saturated rings. The number of hydrogen-bond donors (Lipinski definition) is 4. The molecule has 196 valence electrons. The van der Waals surface area contributed by atoms with E-state index in [1.165, 1.54) is 6.92 Å². The highest BCUT2D eigenvalue weighted by atomic mass is 16.5. The summed E-state index contributed by atoms with van der Waals surface area (Å²) in [6.07, 6.45) is 7.84. The van der Waals surface area contributed by atoms with Crippen LogP contribution in [0, 0.1) is 0 Å². The molecule has 0 bridgehead atoms. The number of nitrogens with two attached hydrogens (primary N) is 2. The van der Waals surface area contributed by atoms with E-state index >= 15 is 0 Å². The molecule has 6 N–H and O–H groups in total. The molecule has 1 aromatic carbocycles. The summed E-state index contributed by atoms with van der Waals surface area (Å²) in [6, 6.07) is 5.61. The summed E-state index contributed by atoms with van der Waals surface area (Å²) in [6.45, 7) is 6.53. The Labute approximate surface area is 213 Å². The van der Waals surface area contributed by atoms with Crippen LogP contribution in [0.2, 0.25) is 0 Å². The molecule has 10 heteroatoms. The number of amides is 2. The van der Waals surface area contributed by atoms with E-state index in [1.54, 1.807) is 29.3 Å². The average Bonchev–Trinajstić information content (AvgIpc) is 3.10. The van der Waals surface area contributed by atoms with Gasteiger partial charge in [-0.3, -0.25) is 9.59 Å². The van der Waals surface area contributed by atoms with Gasteiger partial charge >= 0.3 is 0 Å². The Balaban J connectivity index is 1.46. The number of nitrogens with zero attached hydrogens (tertiary/aromatic N) is 3. The van der Waals surface area contributed by atoms with Gasteiger partial charge in [0.25, 0.3) is 5.91 Å². The lowest BCUT2D eigenvalue weighted by Crippen LogP contribution is -2.45. The van der Waals surface area contributed by atoms with Gasteiger partial charge in [0.05, 0.1) is 5.69 Å². The lowest BCUT2D eigenvalue weighted by molar-refractivity contribution is -0.115. The SMILES string of the molecule is CC(=O)/N=C1/Nc2cc(C(=O)N3CCC[C@H](N)C3)ccc2O/C1=C/NC1CCCN(CCCN)CC1. The Kier molecular flexibility index (Phi) is 8.95. The standard InChI is InChI=1S/C26H39N7O3/c1-18(34)30-25-24(16-29-21-6-3-11-32(14-9-21)12-4-10-27)36-23-8-7-19(15-22(23)31-25)26(35)33-13-2-5-20(28)17-33/h7-8,15-16,20-21,29H,2-6,9-14,17,27-28H2,1H3,(H,30,31,34)/b24-16+/t20-,21?/m0/s1. The van der Waals surface area contributed by atoms with E-state index in [4.69, 9.17) is 16.2 Å². The van der Waals surface area contributed by atoms with Crippen LogP contribution in [0.3, 0.4) is 0 Å². The molecule has 2 atom stereocenters. The largest absolute Gasteiger partial charge is 0.450 e. The first kappa shape index (κ1) is 26.1. The van der Waals surface area contributed by atoms with Crippen molar-refractivity contribution in [1.82, 2.24) is 15.1 Å². The third-order valence-electron chi connectivity index (χ3n) is 6.90. The minimum Gasteiger partial charge on any atom is -0.450 e. The first-order valence-corrected chi connectivity index (χ1v) is 13.0. The van der Waals surface area contributed by atoms with Gasteiger partial charge in [-0.05, 0) is 76.4 Å². The molecule has 1 unspecified atom stereocenters. The maximum atomic E-state index is 13.0. The molecule has 3 aliphatic heterocycles. The van der Waals surface area contributed by atoms with Crippen LogP contribution in [0.25, 0.3) is 0 Å². The van der Waals surface area contributed by atoms with Crippen molar-refractivity contribution in [1.29, 1.82) is 0 Å². The molecule has 0 aliphatic carbocycles. The van der Waals surface area contributed by atoms with Crippen LogP contribution in [-0.2, 0) is 4.79 Å². The van der Waals surface area contributed by atoms with E-state index in [2.05, 4.69) is 20.5 Å². The number of likely N-dealkylation sites (tertiary alicyclic amines) is 2. The lowest BCUT2D eigenvalue weighted by Gasteiger charge is -2.31. The van der Waals surface area contributed by atoms with Crippen molar-refractivity contribution in [2.45, 2.75) is 57.5 Å². The van der Waals surface area contributed by atoms with Crippen LogP contribution >= 0.6 is 0 Å². The second-order valence-electron chi connectivity index (χ2n) is 9.86. The highest BCUT2D eigenvalue weighted by Crippen LogP contribution is 2.33. The second kappa shape index (κ2) is 12.3. The van der Waals surface area contributed by atoms with Crippen LogP contribution in [0.1, 0.15) is 55.8 Å². The Morgan fingerprint density at radius 3 is 2.83 bits per heavy atom. The van der Waals surface area contributed by atoms with Crippen LogP contribution in [0.4, 0.5) is 5.69 Å². The van der Waals surface area contributed by atoms with E-state index < -0.39 is 0 Å². The summed E-state index contributed by atoms with van der Waals surface area (Å²) in [4.78, 5) is 33.2. The molecular weight excluding hydrogens is 458 g/mol. The Hall–Kier alpha value is -2.95. The smallest absolute Gasteiger partial charge is 0.253 e. The summed E-state index contributed by atoms with van der Waals surface area (Å²) in [5.41, 5.74) is 12.9. The van der Waals surface area contributed by atoms with Gasteiger partial charge in [0.15, 0.2) is 17.3 Å². The van der Waals surface area contributed by atoms with Crippen molar-refractivity contribution in [2.75, 3.05) is 44.6 Å². The van der Waals surface area contributed by atoms with E-state index in [9.17, 15) is 9.59 Å².